The molecule has 1 aromatic heterocycles. The molecule has 3 nitrogen and oxygen atoms in total. The number of hydrogen-bond donors (Lipinski definition) is 0. The second-order valence-corrected chi connectivity index (χ2v) is 9.59. The predicted molar refractivity (Wildman–Crippen MR) is 137 cm³/mol. The Kier molecular flexibility index (Phi) is 5.68. The number of carbonyl (C=O) groups is 1. The molecule has 0 aliphatic carbocycles. The van der Waals surface area contributed by atoms with E-state index in [4.69, 9.17) is 12.2 Å². The van der Waals surface area contributed by atoms with Gasteiger partial charge in [0, 0.05) is 29.2 Å². The zero-order chi connectivity index (χ0) is 22.1. The molecule has 2 heterocycles. The molecule has 1 aliphatic rings. The Balaban J connectivity index is 1.48. The van der Waals surface area contributed by atoms with Gasteiger partial charge in [-0.1, -0.05) is 96.8 Å². The number of carbonyl (C=O) groups excluding carboxylic acids is 1. The summed E-state index contributed by atoms with van der Waals surface area (Å²) in [5.74, 6) is -0.0282. The van der Waals surface area contributed by atoms with Gasteiger partial charge in [-0.15, -0.1) is 0 Å². The molecule has 158 valence electrons. The second kappa shape index (κ2) is 8.77. The first-order valence-electron chi connectivity index (χ1n) is 10.5. The van der Waals surface area contributed by atoms with Crippen molar-refractivity contribution in [2.45, 2.75) is 20.0 Å². The lowest BCUT2D eigenvalue weighted by molar-refractivity contribution is -0.122. The normalized spacial score (nSPS) is 15.3. The maximum atomic E-state index is 13.1. The van der Waals surface area contributed by atoms with Gasteiger partial charge in [0.05, 0.1) is 11.4 Å². The summed E-state index contributed by atoms with van der Waals surface area (Å²) < 4.78 is 2.86. The highest BCUT2D eigenvalue weighted by molar-refractivity contribution is 8.26. The van der Waals surface area contributed by atoms with Gasteiger partial charge in [-0.2, -0.15) is 0 Å². The van der Waals surface area contributed by atoms with Crippen LogP contribution in [0.15, 0.2) is 90.0 Å². The molecule has 0 bridgehead atoms. The smallest absolute Gasteiger partial charge is 0.266 e. The van der Waals surface area contributed by atoms with E-state index in [-0.39, 0.29) is 5.91 Å². The number of thioether (sulfide) groups is 1. The van der Waals surface area contributed by atoms with Gasteiger partial charge in [0.15, 0.2) is 0 Å². The molecule has 1 saturated heterocycles. The molecule has 1 fully saturated rings. The van der Waals surface area contributed by atoms with Crippen LogP contribution in [0.5, 0.6) is 0 Å². The first-order valence-corrected chi connectivity index (χ1v) is 11.7. The molecule has 0 unspecified atom stereocenters. The third kappa shape index (κ3) is 4.01. The highest BCUT2D eigenvalue weighted by Crippen LogP contribution is 2.35. The maximum Gasteiger partial charge on any atom is 0.266 e. The summed E-state index contributed by atoms with van der Waals surface area (Å²) in [5.41, 5.74) is 5.82. The summed E-state index contributed by atoms with van der Waals surface area (Å²) in [5, 5.41) is 1.13. The average molecular weight is 455 g/mol. The van der Waals surface area contributed by atoms with Crippen LogP contribution in [0.1, 0.15) is 22.3 Å². The number of rotatable bonds is 5. The lowest BCUT2D eigenvalue weighted by Crippen LogP contribution is -2.27. The molecule has 0 N–H and O–H groups in total. The Morgan fingerprint density at radius 3 is 2.44 bits per heavy atom. The van der Waals surface area contributed by atoms with Crippen LogP contribution in [-0.4, -0.2) is 19.7 Å². The largest absolute Gasteiger partial charge is 0.342 e. The van der Waals surface area contributed by atoms with Gasteiger partial charge in [0.25, 0.3) is 5.91 Å². The zero-order valence-corrected chi connectivity index (χ0v) is 19.3. The van der Waals surface area contributed by atoms with Gasteiger partial charge in [-0.25, -0.2) is 0 Å². The summed E-state index contributed by atoms with van der Waals surface area (Å²) >= 11 is 6.91. The standard InChI is InChI=1S/C27H22N2OS2/c1-19-9-5-6-12-21(19)17-28-18-22(23-13-7-8-14-24(23)28)15-25-26(30)29(27(31)32-25)16-20-10-3-2-4-11-20/h2-15,18H,16-17H2,1H3. The number of benzene rings is 3. The predicted octanol–water partition coefficient (Wildman–Crippen LogP) is 6.40. The third-order valence-corrected chi connectivity index (χ3v) is 7.14. The molecule has 1 amide bonds. The zero-order valence-electron chi connectivity index (χ0n) is 17.7. The van der Waals surface area contributed by atoms with Crippen LogP contribution < -0.4 is 0 Å². The van der Waals surface area contributed by atoms with Crippen LogP contribution in [0.25, 0.3) is 17.0 Å². The van der Waals surface area contributed by atoms with Crippen LogP contribution >= 0.6 is 24.0 Å². The van der Waals surface area contributed by atoms with Crippen molar-refractivity contribution in [3.8, 4) is 0 Å². The van der Waals surface area contributed by atoms with E-state index in [9.17, 15) is 4.79 Å². The Morgan fingerprint density at radius 2 is 1.62 bits per heavy atom. The molecule has 0 saturated carbocycles. The van der Waals surface area contributed by atoms with Crippen LogP contribution in [0.3, 0.4) is 0 Å². The molecule has 32 heavy (non-hydrogen) atoms. The number of thiocarbonyl (C=S) groups is 1. The van der Waals surface area contributed by atoms with E-state index in [1.165, 1.54) is 22.9 Å². The van der Waals surface area contributed by atoms with Gasteiger partial charge >= 0.3 is 0 Å². The van der Waals surface area contributed by atoms with Crippen molar-refractivity contribution in [1.82, 2.24) is 9.47 Å². The van der Waals surface area contributed by atoms with Gasteiger partial charge < -0.3 is 4.57 Å². The molecular weight excluding hydrogens is 432 g/mol. The van der Waals surface area contributed by atoms with Crippen LogP contribution in [0.4, 0.5) is 0 Å². The SMILES string of the molecule is Cc1ccccc1Cn1cc(C=C2SC(=S)N(Cc3ccccc3)C2=O)c2ccccc21. The fourth-order valence-corrected chi connectivity index (χ4v) is 5.28. The van der Waals surface area contributed by atoms with Gasteiger partial charge in [0.1, 0.15) is 4.32 Å². The lowest BCUT2D eigenvalue weighted by Gasteiger charge is -2.14. The molecular formula is C27H22N2OS2. The third-order valence-electron chi connectivity index (χ3n) is 5.77. The number of fused-ring (bicyclic) bond motifs is 1. The van der Waals surface area contributed by atoms with E-state index in [0.717, 1.165) is 28.6 Å². The number of aromatic nitrogens is 1. The van der Waals surface area contributed by atoms with E-state index in [2.05, 4.69) is 60.2 Å². The number of para-hydroxylation sites is 1. The van der Waals surface area contributed by atoms with Crippen molar-refractivity contribution in [2.75, 3.05) is 0 Å². The minimum absolute atomic E-state index is 0.0282. The molecule has 0 radical (unpaired) electrons. The van der Waals surface area contributed by atoms with Gasteiger partial charge in [0.2, 0.25) is 0 Å². The molecule has 1 aliphatic heterocycles. The highest BCUT2D eigenvalue weighted by atomic mass is 32.2. The Bertz CT molecular complexity index is 1350. The monoisotopic (exact) mass is 454 g/mol. The molecule has 5 rings (SSSR count). The second-order valence-electron chi connectivity index (χ2n) is 7.91. The molecule has 0 atom stereocenters. The minimum Gasteiger partial charge on any atom is -0.342 e. The Hall–Kier alpha value is -3.15. The number of aryl methyl sites for hydroxylation is 1. The molecule has 5 heteroatoms. The van der Waals surface area contributed by atoms with Crippen molar-refractivity contribution in [3.63, 3.8) is 0 Å². The van der Waals surface area contributed by atoms with Crippen molar-refractivity contribution in [1.29, 1.82) is 0 Å². The summed E-state index contributed by atoms with van der Waals surface area (Å²) in [4.78, 5) is 15.5. The fourth-order valence-electron chi connectivity index (χ4n) is 4.04. The summed E-state index contributed by atoms with van der Waals surface area (Å²) in [6.45, 7) is 3.42. The van der Waals surface area contributed by atoms with E-state index < -0.39 is 0 Å². The molecule has 4 aromatic rings. The van der Waals surface area contributed by atoms with Crippen LogP contribution in [0, 0.1) is 6.92 Å². The number of hydrogen-bond acceptors (Lipinski definition) is 3. The van der Waals surface area contributed by atoms with Crippen molar-refractivity contribution in [3.05, 3.63) is 112 Å². The number of nitrogens with zero attached hydrogens (tertiary/aromatic N) is 2. The number of amides is 1. The first-order chi connectivity index (χ1) is 15.6. The van der Waals surface area contributed by atoms with E-state index in [0.29, 0.717) is 15.8 Å². The average Bonchev–Trinajstić information content (AvgIpc) is 3.28. The van der Waals surface area contributed by atoms with E-state index in [1.54, 1.807) is 4.90 Å². The van der Waals surface area contributed by atoms with Crippen LogP contribution in [-0.2, 0) is 17.9 Å². The first kappa shape index (κ1) is 20.7. The topological polar surface area (TPSA) is 25.2 Å². The summed E-state index contributed by atoms with van der Waals surface area (Å²) in [6, 6.07) is 26.7. The van der Waals surface area contributed by atoms with E-state index >= 15 is 0 Å². The summed E-state index contributed by atoms with van der Waals surface area (Å²) in [7, 11) is 0. The Labute approximate surface area is 197 Å². The summed E-state index contributed by atoms with van der Waals surface area (Å²) in [6.07, 6.45) is 4.13. The van der Waals surface area contributed by atoms with Gasteiger partial charge in [-0.3, -0.25) is 9.69 Å². The fraction of sp³-hybridized carbons (Fsp3) is 0.111. The molecule has 0 spiro atoms. The minimum atomic E-state index is -0.0282. The highest BCUT2D eigenvalue weighted by Gasteiger charge is 2.32. The van der Waals surface area contributed by atoms with Gasteiger partial charge in [-0.05, 0) is 35.8 Å². The van der Waals surface area contributed by atoms with Crippen molar-refractivity contribution >= 4 is 51.2 Å². The molecule has 3 aromatic carbocycles. The van der Waals surface area contributed by atoms with Crippen molar-refractivity contribution in [2.24, 2.45) is 0 Å². The Morgan fingerprint density at radius 1 is 0.906 bits per heavy atom. The maximum absolute atomic E-state index is 13.1. The van der Waals surface area contributed by atoms with Crippen molar-refractivity contribution < 1.29 is 4.79 Å². The van der Waals surface area contributed by atoms with E-state index in [1.807, 2.05) is 42.5 Å². The lowest BCUT2D eigenvalue weighted by atomic mass is 10.1. The van der Waals surface area contributed by atoms with Crippen LogP contribution in [0.2, 0.25) is 0 Å². The quantitative estimate of drug-likeness (QED) is 0.258.